The number of rotatable bonds is 8. The molecule has 3 aromatic carbocycles. The fourth-order valence-electron chi connectivity index (χ4n) is 3.89. The van der Waals surface area contributed by atoms with Gasteiger partial charge in [0.15, 0.2) is 0 Å². The van der Waals surface area contributed by atoms with Gasteiger partial charge < -0.3 is 11.1 Å². The van der Waals surface area contributed by atoms with Crippen LogP contribution in [0, 0.1) is 0 Å². The summed E-state index contributed by atoms with van der Waals surface area (Å²) in [6, 6.07) is 17.3. The van der Waals surface area contributed by atoms with Gasteiger partial charge in [0.05, 0.1) is 22.7 Å². The number of nitrogen functional groups attached to an aromatic ring is 1. The van der Waals surface area contributed by atoms with Crippen molar-refractivity contribution in [1.82, 2.24) is 9.44 Å². The van der Waals surface area contributed by atoms with Crippen molar-refractivity contribution in [2.75, 3.05) is 11.1 Å². The van der Waals surface area contributed by atoms with E-state index in [1.165, 1.54) is 30.3 Å². The molecule has 2 amide bonds. The molecule has 5 N–H and O–H groups in total. The number of hydrogen-bond acceptors (Lipinski definition) is 7. The van der Waals surface area contributed by atoms with Gasteiger partial charge in [-0.05, 0) is 47.9 Å². The number of hydrogen-bond donors (Lipinski definition) is 4. The van der Waals surface area contributed by atoms with Crippen molar-refractivity contribution in [3.8, 4) is 0 Å². The van der Waals surface area contributed by atoms with E-state index in [2.05, 4.69) is 10.0 Å². The quantitative estimate of drug-likeness (QED) is 0.306. The molecular formula is C24H23ClN4O6S2. The normalized spacial score (nSPS) is 17.6. The zero-order valence-electron chi connectivity index (χ0n) is 19.2. The Balaban J connectivity index is 1.63. The van der Waals surface area contributed by atoms with Crippen LogP contribution in [0.1, 0.15) is 22.8 Å². The fourth-order valence-corrected chi connectivity index (χ4v) is 6.96. The van der Waals surface area contributed by atoms with E-state index in [1.54, 1.807) is 42.5 Å². The smallest absolute Gasteiger partial charge is 0.242 e. The van der Waals surface area contributed by atoms with Crippen molar-refractivity contribution in [2.24, 2.45) is 0 Å². The maximum absolute atomic E-state index is 13.2. The first-order chi connectivity index (χ1) is 17.5. The number of carbonyl (C=O) groups excluding carboxylic acids is 2. The molecule has 0 saturated carbocycles. The Labute approximate surface area is 219 Å². The third kappa shape index (κ3) is 6.10. The molecule has 0 radical (unpaired) electrons. The minimum atomic E-state index is -4.08. The van der Waals surface area contributed by atoms with Crippen molar-refractivity contribution in [2.45, 2.75) is 29.0 Å². The van der Waals surface area contributed by atoms with Crippen LogP contribution in [-0.2, 0) is 36.1 Å². The van der Waals surface area contributed by atoms with E-state index in [-0.39, 0.29) is 28.3 Å². The predicted molar refractivity (Wildman–Crippen MR) is 140 cm³/mol. The lowest BCUT2D eigenvalue weighted by Crippen LogP contribution is -2.45. The molecule has 1 aliphatic heterocycles. The molecule has 0 spiro atoms. The second-order valence-electron chi connectivity index (χ2n) is 8.39. The lowest BCUT2D eigenvalue weighted by molar-refractivity contribution is -0.119. The summed E-state index contributed by atoms with van der Waals surface area (Å²) in [5.74, 6) is -1.29. The van der Waals surface area contributed by atoms with Gasteiger partial charge in [-0.25, -0.2) is 16.8 Å². The Kier molecular flexibility index (Phi) is 7.55. The van der Waals surface area contributed by atoms with Crippen LogP contribution in [0.4, 0.5) is 11.4 Å². The minimum absolute atomic E-state index is 0.0241. The molecule has 0 bridgehead atoms. The maximum Gasteiger partial charge on any atom is 0.242 e. The highest BCUT2D eigenvalue weighted by atomic mass is 35.5. The number of nitrogens with two attached hydrogens (primary N) is 1. The summed E-state index contributed by atoms with van der Waals surface area (Å²) in [5, 5.41) is 1.57. The van der Waals surface area contributed by atoms with Crippen LogP contribution < -0.4 is 20.5 Å². The molecule has 13 heteroatoms. The third-order valence-corrected chi connectivity index (χ3v) is 9.24. The summed E-state index contributed by atoms with van der Waals surface area (Å²) in [6.07, 6.45) is -0.374. The maximum atomic E-state index is 13.2. The Morgan fingerprint density at radius 1 is 1.08 bits per heavy atom. The topological polar surface area (TPSA) is 165 Å². The Bertz CT molecular complexity index is 1560. The molecule has 1 fully saturated rings. The van der Waals surface area contributed by atoms with E-state index >= 15 is 0 Å². The number of halogens is 1. The summed E-state index contributed by atoms with van der Waals surface area (Å²) >= 11 is 6.37. The van der Waals surface area contributed by atoms with Crippen molar-refractivity contribution < 1.29 is 26.4 Å². The highest BCUT2D eigenvalue weighted by molar-refractivity contribution is 7.90. The Morgan fingerprint density at radius 2 is 1.76 bits per heavy atom. The van der Waals surface area contributed by atoms with Gasteiger partial charge in [-0.15, -0.1) is 0 Å². The molecule has 3 aromatic rings. The fraction of sp³-hybridized carbons (Fsp3) is 0.167. The average molecular weight is 563 g/mol. The summed E-state index contributed by atoms with van der Waals surface area (Å²) in [5.41, 5.74) is 7.22. The number of nitrogens with one attached hydrogen (secondary N) is 3. The first-order valence-electron chi connectivity index (χ1n) is 11.0. The zero-order chi connectivity index (χ0) is 26.8. The highest BCUT2D eigenvalue weighted by Crippen LogP contribution is 2.35. The van der Waals surface area contributed by atoms with Crippen LogP contribution >= 0.6 is 11.6 Å². The number of anilines is 2. The molecule has 194 valence electrons. The number of amides is 2. The number of para-hydroxylation sites is 2. The molecular weight excluding hydrogens is 540 g/mol. The van der Waals surface area contributed by atoms with E-state index in [0.717, 1.165) is 0 Å². The first-order valence-corrected chi connectivity index (χ1v) is 14.4. The second-order valence-corrected chi connectivity index (χ2v) is 12.4. The largest absolute Gasteiger partial charge is 0.397 e. The summed E-state index contributed by atoms with van der Waals surface area (Å²) in [4.78, 5) is 24.8. The Morgan fingerprint density at radius 3 is 2.38 bits per heavy atom. The van der Waals surface area contributed by atoms with E-state index in [1.807, 2.05) is 4.72 Å². The molecule has 2 unspecified atom stereocenters. The SMILES string of the molecule is Nc1ccccc1NC(=O)C(Cc1ccc(C2CC(=O)NS2(=O)=O)c(Cl)c1)NS(=O)(=O)c1ccccc1. The molecule has 10 nitrogen and oxygen atoms in total. The zero-order valence-corrected chi connectivity index (χ0v) is 21.6. The second kappa shape index (κ2) is 10.5. The van der Waals surface area contributed by atoms with Crippen molar-refractivity contribution in [3.05, 3.63) is 88.9 Å². The van der Waals surface area contributed by atoms with Crippen LogP contribution in [0.25, 0.3) is 0 Å². The van der Waals surface area contributed by atoms with E-state index in [0.29, 0.717) is 16.9 Å². The van der Waals surface area contributed by atoms with Crippen LogP contribution in [-0.4, -0.2) is 34.7 Å². The summed E-state index contributed by atoms with van der Waals surface area (Å²) in [6.45, 7) is 0. The van der Waals surface area contributed by atoms with Crippen LogP contribution in [0.15, 0.2) is 77.7 Å². The molecule has 1 aliphatic rings. The predicted octanol–water partition coefficient (Wildman–Crippen LogP) is 2.34. The van der Waals surface area contributed by atoms with E-state index in [4.69, 9.17) is 17.3 Å². The van der Waals surface area contributed by atoms with Gasteiger partial charge in [0.1, 0.15) is 11.3 Å². The molecule has 4 rings (SSSR count). The van der Waals surface area contributed by atoms with Crippen LogP contribution in [0.2, 0.25) is 5.02 Å². The van der Waals surface area contributed by atoms with Gasteiger partial charge >= 0.3 is 0 Å². The average Bonchev–Trinajstić information content (AvgIpc) is 3.12. The minimum Gasteiger partial charge on any atom is -0.397 e. The monoisotopic (exact) mass is 562 g/mol. The number of benzene rings is 3. The molecule has 1 heterocycles. The van der Waals surface area contributed by atoms with Gasteiger partial charge in [0, 0.05) is 5.02 Å². The van der Waals surface area contributed by atoms with Crippen molar-refractivity contribution >= 4 is 54.8 Å². The molecule has 1 saturated heterocycles. The van der Waals surface area contributed by atoms with Gasteiger partial charge in [-0.3, -0.25) is 14.3 Å². The molecule has 37 heavy (non-hydrogen) atoms. The Hall–Kier alpha value is -3.45. The van der Waals surface area contributed by atoms with Gasteiger partial charge in [-0.2, -0.15) is 4.72 Å². The van der Waals surface area contributed by atoms with E-state index < -0.39 is 43.2 Å². The van der Waals surface area contributed by atoms with Crippen molar-refractivity contribution in [3.63, 3.8) is 0 Å². The molecule has 0 aromatic heterocycles. The van der Waals surface area contributed by atoms with Gasteiger partial charge in [0.25, 0.3) is 0 Å². The molecule has 2 atom stereocenters. The van der Waals surface area contributed by atoms with Crippen molar-refractivity contribution in [1.29, 1.82) is 0 Å². The van der Waals surface area contributed by atoms with Gasteiger partial charge in [-0.1, -0.05) is 54.1 Å². The molecule has 0 aliphatic carbocycles. The van der Waals surface area contributed by atoms with Gasteiger partial charge in [0.2, 0.25) is 31.9 Å². The lowest BCUT2D eigenvalue weighted by Gasteiger charge is -2.20. The number of carbonyl (C=O) groups is 2. The standard InChI is InChI=1S/C24H23ClN4O6S2/c25-18-12-15(10-11-17(18)22-14-23(30)29-37(22,34)35)13-21(24(31)27-20-9-5-4-8-19(20)26)28-36(32,33)16-6-2-1-3-7-16/h1-12,21-22,28H,13-14,26H2,(H,27,31)(H,29,30). The van der Waals surface area contributed by atoms with Crippen LogP contribution in [0.3, 0.4) is 0 Å². The van der Waals surface area contributed by atoms with Crippen LogP contribution in [0.5, 0.6) is 0 Å². The highest BCUT2D eigenvalue weighted by Gasteiger charge is 2.39. The summed E-state index contributed by atoms with van der Waals surface area (Å²) in [7, 11) is -7.99. The summed E-state index contributed by atoms with van der Waals surface area (Å²) < 4.78 is 54.9. The first kappa shape index (κ1) is 26.6. The number of sulfonamides is 2. The lowest BCUT2D eigenvalue weighted by atomic mass is 10.0. The van der Waals surface area contributed by atoms with E-state index in [9.17, 15) is 26.4 Å². The third-order valence-electron chi connectivity index (χ3n) is 5.74.